The Morgan fingerprint density at radius 3 is 2.11 bits per heavy atom. The average Bonchev–Trinajstić information content (AvgIpc) is 3.51. The van der Waals surface area contributed by atoms with Gasteiger partial charge < -0.3 is 14.8 Å². The summed E-state index contributed by atoms with van der Waals surface area (Å²) in [5.41, 5.74) is 8.52. The number of rotatable bonds is 13. The van der Waals surface area contributed by atoms with E-state index < -0.39 is 6.23 Å². The molecule has 0 fully saturated rings. The Kier molecular flexibility index (Phi) is 9.29. The smallest absolute Gasteiger partial charge is 0.208 e. The number of benzene rings is 2. The van der Waals surface area contributed by atoms with Crippen LogP contribution < -0.4 is 20.5 Å². The van der Waals surface area contributed by atoms with Crippen LogP contribution in [-0.2, 0) is 12.8 Å². The van der Waals surface area contributed by atoms with Crippen molar-refractivity contribution in [2.45, 2.75) is 32.9 Å². The third-order valence-corrected chi connectivity index (χ3v) is 7.85. The summed E-state index contributed by atoms with van der Waals surface area (Å²) < 4.78 is 11.4. The van der Waals surface area contributed by atoms with Crippen LogP contribution in [-0.4, -0.2) is 38.6 Å². The minimum atomic E-state index is -0.612. The molecule has 0 spiro atoms. The summed E-state index contributed by atoms with van der Waals surface area (Å²) in [7, 11) is 0. The molecule has 4 aromatic rings. The number of hydrogen-bond donors (Lipinski definition) is 2. The molecule has 0 aliphatic rings. The van der Waals surface area contributed by atoms with Crippen molar-refractivity contribution in [2.24, 2.45) is 5.73 Å². The molecule has 0 aliphatic heterocycles. The van der Waals surface area contributed by atoms with Crippen molar-refractivity contribution in [1.82, 2.24) is 20.4 Å². The van der Waals surface area contributed by atoms with Gasteiger partial charge in [-0.1, -0.05) is 58.1 Å². The van der Waals surface area contributed by atoms with Gasteiger partial charge in [0, 0.05) is 12.8 Å². The first-order chi connectivity index (χ1) is 17.0. The molecule has 35 heavy (non-hydrogen) atoms. The average molecular weight is 529 g/mol. The summed E-state index contributed by atoms with van der Waals surface area (Å²) in [6.07, 6.45) is 1.11. The van der Waals surface area contributed by atoms with Crippen LogP contribution in [0.2, 0.25) is 0 Å². The van der Waals surface area contributed by atoms with E-state index in [0.717, 1.165) is 51.0 Å². The Morgan fingerprint density at radius 2 is 1.43 bits per heavy atom. The van der Waals surface area contributed by atoms with Gasteiger partial charge in [-0.05, 0) is 49.6 Å². The highest BCUT2D eigenvalue weighted by Crippen LogP contribution is 2.23. The summed E-state index contributed by atoms with van der Waals surface area (Å²) in [4.78, 5) is 0. The van der Waals surface area contributed by atoms with E-state index in [2.05, 4.69) is 32.6 Å². The number of thioether (sulfide) groups is 1. The molecular formula is C24H28N6O2S3. The Morgan fingerprint density at radius 1 is 0.829 bits per heavy atom. The van der Waals surface area contributed by atoms with E-state index in [4.69, 9.17) is 15.2 Å². The van der Waals surface area contributed by atoms with Gasteiger partial charge in [-0.3, -0.25) is 5.73 Å². The molecule has 2 aromatic carbocycles. The minimum Gasteiger partial charge on any atom is -0.473 e. The molecule has 0 aliphatic carbocycles. The van der Waals surface area contributed by atoms with Crippen LogP contribution in [0.1, 0.15) is 32.4 Å². The standard InChI is InChI=1S/C24H28N6O2S3/c1-16-3-7-18(8-4-16)31-15-26-24-30-28-21(35-24)12-14-33-13-11-20-27-29-23(34-20)22(25)32-19-9-5-17(2)6-10-19/h3-10,22H,11-15,25H2,1-2H3,(H,26,30). The van der Waals surface area contributed by atoms with Crippen LogP contribution in [0, 0.1) is 13.8 Å². The summed E-state index contributed by atoms with van der Waals surface area (Å²) in [5.74, 6) is 3.48. The topological polar surface area (TPSA) is 108 Å². The monoisotopic (exact) mass is 528 g/mol. The summed E-state index contributed by atoms with van der Waals surface area (Å²) in [5, 5.41) is 23.5. The van der Waals surface area contributed by atoms with Gasteiger partial charge in [0.2, 0.25) is 11.4 Å². The number of ether oxygens (including phenoxy) is 2. The van der Waals surface area contributed by atoms with Gasteiger partial charge in [-0.2, -0.15) is 11.8 Å². The van der Waals surface area contributed by atoms with E-state index in [1.165, 1.54) is 22.5 Å². The molecule has 0 radical (unpaired) electrons. The molecule has 4 rings (SSSR count). The van der Waals surface area contributed by atoms with Crippen molar-refractivity contribution in [3.8, 4) is 11.5 Å². The fourth-order valence-electron chi connectivity index (χ4n) is 2.96. The van der Waals surface area contributed by atoms with E-state index in [-0.39, 0.29) is 0 Å². The lowest BCUT2D eigenvalue weighted by atomic mass is 10.2. The van der Waals surface area contributed by atoms with Crippen molar-refractivity contribution in [1.29, 1.82) is 0 Å². The van der Waals surface area contributed by atoms with Gasteiger partial charge in [0.25, 0.3) is 0 Å². The van der Waals surface area contributed by atoms with Crippen LogP contribution in [0.15, 0.2) is 48.5 Å². The van der Waals surface area contributed by atoms with Crippen LogP contribution in [0.3, 0.4) is 0 Å². The summed E-state index contributed by atoms with van der Waals surface area (Å²) >= 11 is 4.92. The zero-order chi connectivity index (χ0) is 24.5. The molecule has 0 saturated heterocycles. The quantitative estimate of drug-likeness (QED) is 0.183. The normalized spacial score (nSPS) is 11.9. The molecule has 2 aromatic heterocycles. The lowest BCUT2D eigenvalue weighted by Gasteiger charge is -2.11. The molecule has 184 valence electrons. The maximum Gasteiger partial charge on any atom is 0.208 e. The van der Waals surface area contributed by atoms with E-state index in [9.17, 15) is 0 Å². The summed E-state index contributed by atoms with van der Waals surface area (Å²) in [6.45, 7) is 4.44. The first-order valence-electron chi connectivity index (χ1n) is 11.2. The number of nitrogens with zero attached hydrogens (tertiary/aromatic N) is 4. The van der Waals surface area contributed by atoms with E-state index in [0.29, 0.717) is 11.7 Å². The first kappa shape index (κ1) is 25.4. The van der Waals surface area contributed by atoms with Crippen LogP contribution >= 0.6 is 34.4 Å². The molecular weight excluding hydrogens is 501 g/mol. The number of aryl methyl sites for hydroxylation is 4. The van der Waals surface area contributed by atoms with E-state index in [1.54, 1.807) is 11.3 Å². The van der Waals surface area contributed by atoms with Crippen LogP contribution in [0.4, 0.5) is 5.13 Å². The van der Waals surface area contributed by atoms with Gasteiger partial charge in [0.05, 0.1) is 0 Å². The van der Waals surface area contributed by atoms with Gasteiger partial charge in [0.1, 0.15) is 21.5 Å². The fourth-order valence-corrected chi connectivity index (χ4v) is 5.59. The van der Waals surface area contributed by atoms with Crippen molar-refractivity contribution in [3.05, 3.63) is 74.7 Å². The van der Waals surface area contributed by atoms with E-state index >= 15 is 0 Å². The van der Waals surface area contributed by atoms with Crippen molar-refractivity contribution < 1.29 is 9.47 Å². The highest BCUT2D eigenvalue weighted by Gasteiger charge is 2.14. The molecule has 1 unspecified atom stereocenters. The number of hydrogen-bond acceptors (Lipinski definition) is 11. The minimum absolute atomic E-state index is 0.357. The SMILES string of the molecule is Cc1ccc(OCNc2nnc(CCSCCc3nnc(C(N)Oc4ccc(C)cc4)s3)s2)cc1. The summed E-state index contributed by atoms with van der Waals surface area (Å²) in [6, 6.07) is 15.8. The van der Waals surface area contributed by atoms with Crippen molar-refractivity contribution >= 4 is 39.6 Å². The van der Waals surface area contributed by atoms with E-state index in [1.807, 2.05) is 67.2 Å². The number of anilines is 1. The second kappa shape index (κ2) is 12.8. The number of nitrogens with two attached hydrogens (primary N) is 1. The fraction of sp³-hybridized carbons (Fsp3) is 0.333. The van der Waals surface area contributed by atoms with Gasteiger partial charge in [-0.25, -0.2) is 0 Å². The number of nitrogens with one attached hydrogen (secondary N) is 1. The Balaban J connectivity index is 1.11. The second-order valence-electron chi connectivity index (χ2n) is 7.78. The van der Waals surface area contributed by atoms with Gasteiger partial charge in [0.15, 0.2) is 11.7 Å². The lowest BCUT2D eigenvalue weighted by Crippen LogP contribution is -2.17. The predicted molar refractivity (Wildman–Crippen MR) is 144 cm³/mol. The maximum absolute atomic E-state index is 6.14. The third-order valence-electron chi connectivity index (χ3n) is 4.88. The molecule has 3 N–H and O–H groups in total. The molecule has 1 atom stereocenters. The van der Waals surface area contributed by atoms with Gasteiger partial charge in [-0.15, -0.1) is 20.4 Å². The van der Waals surface area contributed by atoms with Gasteiger partial charge >= 0.3 is 0 Å². The molecule has 11 heteroatoms. The highest BCUT2D eigenvalue weighted by atomic mass is 32.2. The molecule has 8 nitrogen and oxygen atoms in total. The maximum atomic E-state index is 6.14. The third kappa shape index (κ3) is 8.17. The van der Waals surface area contributed by atoms with Crippen LogP contribution in [0.25, 0.3) is 0 Å². The molecule has 0 saturated carbocycles. The lowest BCUT2D eigenvalue weighted by molar-refractivity contribution is 0.212. The molecule has 0 amide bonds. The largest absolute Gasteiger partial charge is 0.473 e. The zero-order valence-corrected chi connectivity index (χ0v) is 22.1. The van der Waals surface area contributed by atoms with Crippen molar-refractivity contribution in [2.75, 3.05) is 23.6 Å². The second-order valence-corrected chi connectivity index (χ2v) is 11.2. The highest BCUT2D eigenvalue weighted by molar-refractivity contribution is 7.99. The zero-order valence-electron chi connectivity index (χ0n) is 19.6. The Bertz CT molecular complexity index is 1180. The Hall–Kier alpha value is -2.73. The molecule has 0 bridgehead atoms. The number of aromatic nitrogens is 4. The molecule has 2 heterocycles. The predicted octanol–water partition coefficient (Wildman–Crippen LogP) is 5.01. The van der Waals surface area contributed by atoms with Crippen molar-refractivity contribution in [3.63, 3.8) is 0 Å². The first-order valence-corrected chi connectivity index (χ1v) is 14.0. The Labute approximate surface area is 217 Å². The van der Waals surface area contributed by atoms with Crippen LogP contribution in [0.5, 0.6) is 11.5 Å².